The fourth-order valence-corrected chi connectivity index (χ4v) is 5.41. The number of carboxylic acid groups (broad SMARTS) is 1. The number of benzene rings is 2. The Kier molecular flexibility index (Phi) is 8.82. The molecule has 0 spiro atoms. The summed E-state index contributed by atoms with van der Waals surface area (Å²) in [5.41, 5.74) is 0.499. The third-order valence-corrected chi connectivity index (χ3v) is 7.40. The van der Waals surface area contributed by atoms with Gasteiger partial charge in [0, 0.05) is 46.5 Å². The van der Waals surface area contributed by atoms with Crippen LogP contribution in [0.4, 0.5) is 0 Å². The van der Waals surface area contributed by atoms with Crippen LogP contribution in [0, 0.1) is 0 Å². The second-order valence-corrected chi connectivity index (χ2v) is 9.83. The van der Waals surface area contributed by atoms with E-state index in [1.165, 1.54) is 11.3 Å². The van der Waals surface area contributed by atoms with Crippen LogP contribution in [0.3, 0.4) is 0 Å². The largest absolute Gasteiger partial charge is 1.00 e. The molecule has 1 aliphatic heterocycles. The number of aliphatic carboxylic acids is 1. The van der Waals surface area contributed by atoms with Gasteiger partial charge in [0.2, 0.25) is 5.91 Å². The van der Waals surface area contributed by atoms with Gasteiger partial charge in [-0.3, -0.25) is 14.4 Å². The zero-order valence-electron chi connectivity index (χ0n) is 20.3. The molecule has 2 aromatic carbocycles. The van der Waals surface area contributed by atoms with Gasteiger partial charge < -0.3 is 16.3 Å². The van der Waals surface area contributed by atoms with Crippen molar-refractivity contribution in [2.45, 2.75) is 38.3 Å². The molecule has 1 N–H and O–H groups in total. The smallest absolute Gasteiger partial charge is 1.00 e. The van der Waals surface area contributed by atoms with E-state index >= 15 is 0 Å². The fourth-order valence-electron chi connectivity index (χ4n) is 4.27. The minimum absolute atomic E-state index is 0. The summed E-state index contributed by atoms with van der Waals surface area (Å²) in [6, 6.07) is 15.0. The van der Waals surface area contributed by atoms with Gasteiger partial charge in [0.05, 0.1) is 5.56 Å². The van der Waals surface area contributed by atoms with Gasteiger partial charge in [0.25, 0.3) is 5.91 Å². The number of thiophene rings is 1. The van der Waals surface area contributed by atoms with Gasteiger partial charge in [-0.2, -0.15) is 0 Å². The van der Waals surface area contributed by atoms with E-state index in [4.69, 9.17) is 16.7 Å². The molecule has 1 aromatic heterocycles. The molecule has 0 bridgehead atoms. The first-order valence-corrected chi connectivity index (χ1v) is 12.1. The summed E-state index contributed by atoms with van der Waals surface area (Å²) in [5.74, 6) is -1.23. The predicted molar refractivity (Wildman–Crippen MR) is 131 cm³/mol. The van der Waals surface area contributed by atoms with Crippen molar-refractivity contribution < 1.29 is 50.5 Å². The van der Waals surface area contributed by atoms with E-state index in [2.05, 4.69) is 0 Å². The zero-order valence-corrected chi connectivity index (χ0v) is 22.9. The van der Waals surface area contributed by atoms with Crippen molar-refractivity contribution >= 4 is 50.8 Å². The van der Waals surface area contributed by atoms with Gasteiger partial charge in [-0.1, -0.05) is 41.9 Å². The fraction of sp³-hybridized carbons (Fsp3) is 0.320. The molecule has 1 atom stereocenters. The summed E-state index contributed by atoms with van der Waals surface area (Å²) in [7, 11) is 0. The summed E-state index contributed by atoms with van der Waals surface area (Å²) in [6.07, 6.45) is 0.866. The predicted octanol–water partition coefficient (Wildman–Crippen LogP) is 2.17. The number of hydrogen-bond acceptors (Lipinski definition) is 4. The van der Waals surface area contributed by atoms with Crippen LogP contribution in [0.5, 0.6) is 0 Å². The van der Waals surface area contributed by atoms with Gasteiger partial charge >= 0.3 is 35.5 Å². The summed E-state index contributed by atoms with van der Waals surface area (Å²) in [6.45, 7) is 2.90. The van der Waals surface area contributed by atoms with Crippen LogP contribution in [-0.4, -0.2) is 51.3 Å². The van der Waals surface area contributed by atoms with E-state index in [9.17, 15) is 14.4 Å². The number of nitrogens with zero attached hydrogens (tertiary/aromatic N) is 2. The van der Waals surface area contributed by atoms with Crippen LogP contribution in [-0.2, 0) is 16.1 Å². The summed E-state index contributed by atoms with van der Waals surface area (Å²) >= 11 is 7.63. The topological polar surface area (TPSA) is 77.9 Å². The molecule has 9 heteroatoms. The second-order valence-electron chi connectivity index (χ2n) is 8.48. The van der Waals surface area contributed by atoms with Crippen molar-refractivity contribution in [2.75, 3.05) is 13.1 Å². The van der Waals surface area contributed by atoms with Crippen molar-refractivity contribution in [3.05, 3.63) is 70.1 Å². The molecular formula is C25H26ClN2NaO4S. The number of fused-ring (bicyclic) bond motifs is 1. The van der Waals surface area contributed by atoms with E-state index in [1.807, 2.05) is 41.8 Å². The minimum Gasteiger partial charge on any atom is -1.00 e. The number of likely N-dealkylation sites (tertiary alicyclic amines) is 1. The van der Waals surface area contributed by atoms with Crippen LogP contribution in [0.2, 0.25) is 5.02 Å². The quantitative estimate of drug-likeness (QED) is 0.473. The third-order valence-electron chi connectivity index (χ3n) is 6.20. The maximum absolute atomic E-state index is 13.7. The van der Waals surface area contributed by atoms with Gasteiger partial charge in [-0.15, -0.1) is 11.3 Å². The summed E-state index contributed by atoms with van der Waals surface area (Å²) in [4.78, 5) is 41.5. The van der Waals surface area contributed by atoms with Crippen molar-refractivity contribution in [2.24, 2.45) is 0 Å². The first kappa shape index (κ1) is 26.7. The van der Waals surface area contributed by atoms with Gasteiger partial charge in [0.1, 0.15) is 5.54 Å². The Morgan fingerprint density at radius 1 is 1.21 bits per heavy atom. The van der Waals surface area contributed by atoms with E-state index in [1.54, 1.807) is 28.9 Å². The van der Waals surface area contributed by atoms with E-state index < -0.39 is 11.5 Å². The molecule has 3 aromatic rings. The van der Waals surface area contributed by atoms with Gasteiger partial charge in [-0.05, 0) is 43.5 Å². The first-order chi connectivity index (χ1) is 15.8. The standard InChI is InChI=1S/C25H25ClN2O4S.Na.H/c1-25(11-13-28(25)23(31)20-16-33-21-9-3-2-8-19(20)21)24(32)27(12-5-10-22(29)30)15-17-6-4-7-18(26)14-17;;/h2-4,6-9,14,16H,5,10-13,15H2,1H3,(H,29,30);;/q;+1;-1/t25-;;/m1../s1. The molecule has 0 aliphatic carbocycles. The molecule has 0 radical (unpaired) electrons. The average Bonchev–Trinajstić information content (AvgIpc) is 3.21. The van der Waals surface area contributed by atoms with Crippen molar-refractivity contribution in [3.63, 3.8) is 0 Å². The first-order valence-electron chi connectivity index (χ1n) is 10.8. The molecule has 2 amide bonds. The molecule has 4 rings (SSSR count). The minimum atomic E-state index is -0.970. The maximum Gasteiger partial charge on any atom is 1.00 e. The number of hydrogen-bond donors (Lipinski definition) is 1. The molecule has 2 heterocycles. The Hall–Kier alpha value is -1.90. The zero-order chi connectivity index (χ0) is 23.6. The Morgan fingerprint density at radius 3 is 2.65 bits per heavy atom. The van der Waals surface area contributed by atoms with Crippen LogP contribution < -0.4 is 29.6 Å². The summed E-state index contributed by atoms with van der Waals surface area (Å²) < 4.78 is 1.03. The van der Waals surface area contributed by atoms with Crippen LogP contribution >= 0.6 is 22.9 Å². The third kappa shape index (κ3) is 5.50. The SMILES string of the molecule is C[C@]1(C(=O)N(CCCC(=O)O)Cc2cccc(Cl)c2)CCN1C(=O)c1csc2ccccc12.[H-].[Na+]. The Balaban J connectivity index is 0.00000216. The van der Waals surface area contributed by atoms with Gasteiger partial charge in [-0.25, -0.2) is 0 Å². The van der Waals surface area contributed by atoms with E-state index in [0.29, 0.717) is 36.5 Å². The molecule has 1 aliphatic rings. The Bertz CT molecular complexity index is 1220. The van der Waals surface area contributed by atoms with Crippen molar-refractivity contribution in [1.82, 2.24) is 9.80 Å². The molecule has 34 heavy (non-hydrogen) atoms. The van der Waals surface area contributed by atoms with E-state index in [-0.39, 0.29) is 55.8 Å². The molecule has 6 nitrogen and oxygen atoms in total. The monoisotopic (exact) mass is 508 g/mol. The number of carboxylic acids is 1. The van der Waals surface area contributed by atoms with Gasteiger partial charge in [0.15, 0.2) is 0 Å². The van der Waals surface area contributed by atoms with E-state index in [0.717, 1.165) is 15.6 Å². The van der Waals surface area contributed by atoms with Crippen LogP contribution in [0.1, 0.15) is 43.5 Å². The van der Waals surface area contributed by atoms with Crippen molar-refractivity contribution in [3.8, 4) is 0 Å². The van der Waals surface area contributed by atoms with Crippen LogP contribution in [0.25, 0.3) is 10.1 Å². The maximum atomic E-state index is 13.7. The molecular weight excluding hydrogens is 483 g/mol. The molecule has 0 unspecified atom stereocenters. The molecule has 1 fully saturated rings. The normalized spacial score (nSPS) is 17.1. The number of rotatable bonds is 8. The van der Waals surface area contributed by atoms with Crippen LogP contribution in [0.15, 0.2) is 53.9 Å². The average molecular weight is 509 g/mol. The molecule has 0 saturated carbocycles. The second kappa shape index (κ2) is 11.2. The summed E-state index contributed by atoms with van der Waals surface area (Å²) in [5, 5.41) is 12.4. The van der Waals surface area contributed by atoms with Crippen molar-refractivity contribution in [1.29, 1.82) is 0 Å². The Morgan fingerprint density at radius 2 is 1.97 bits per heavy atom. The number of amides is 2. The number of carbonyl (C=O) groups excluding carboxylic acids is 2. The number of halogens is 1. The molecule has 1 saturated heterocycles. The molecule has 174 valence electrons. The number of carbonyl (C=O) groups is 3. The Labute approximate surface area is 231 Å².